The fourth-order valence-electron chi connectivity index (χ4n) is 1.92. The quantitative estimate of drug-likeness (QED) is 0.563. The van der Waals surface area contributed by atoms with Gasteiger partial charge in [-0.1, -0.05) is 0 Å². The van der Waals surface area contributed by atoms with Gasteiger partial charge in [0.2, 0.25) is 0 Å². The Bertz CT molecular complexity index is 311. The molecule has 0 aromatic carbocycles. The lowest BCUT2D eigenvalue weighted by molar-refractivity contribution is 0.484. The second-order valence-electron chi connectivity index (χ2n) is 4.19. The van der Waals surface area contributed by atoms with Gasteiger partial charge in [-0.15, -0.1) is 0 Å². The van der Waals surface area contributed by atoms with Gasteiger partial charge in [0.15, 0.2) is 0 Å². The summed E-state index contributed by atoms with van der Waals surface area (Å²) in [6, 6.07) is 4.45. The van der Waals surface area contributed by atoms with Gasteiger partial charge in [0.1, 0.15) is 0 Å². The molecular weight excluding hydrogens is 174 g/mol. The van der Waals surface area contributed by atoms with Gasteiger partial charge >= 0.3 is 0 Å². The van der Waals surface area contributed by atoms with Crippen LogP contribution in [-0.4, -0.2) is 4.98 Å². The van der Waals surface area contributed by atoms with E-state index in [9.17, 15) is 0 Å². The van der Waals surface area contributed by atoms with Crippen LogP contribution >= 0.6 is 0 Å². The molecule has 0 spiro atoms. The van der Waals surface area contributed by atoms with Crippen molar-refractivity contribution in [3.8, 4) is 0 Å². The van der Waals surface area contributed by atoms with E-state index in [2.05, 4.69) is 29.5 Å². The SMILES string of the molecule is Cc1cc(C)nc(C(NN)C2CC2)c1. The van der Waals surface area contributed by atoms with Crippen molar-refractivity contribution < 1.29 is 0 Å². The highest BCUT2D eigenvalue weighted by Gasteiger charge is 2.32. The number of nitrogens with two attached hydrogens (primary N) is 1. The Labute approximate surface area is 84.7 Å². The predicted octanol–water partition coefficient (Wildman–Crippen LogP) is 1.61. The maximum atomic E-state index is 5.56. The molecule has 0 radical (unpaired) electrons. The van der Waals surface area contributed by atoms with Gasteiger partial charge in [-0.05, 0) is 50.3 Å². The van der Waals surface area contributed by atoms with Gasteiger partial charge in [-0.2, -0.15) is 0 Å². The number of pyridine rings is 1. The number of nitrogens with one attached hydrogen (secondary N) is 1. The Morgan fingerprint density at radius 3 is 2.64 bits per heavy atom. The molecule has 1 aromatic heterocycles. The molecule has 3 N–H and O–H groups in total. The maximum absolute atomic E-state index is 5.56. The fourth-order valence-corrected chi connectivity index (χ4v) is 1.92. The average Bonchev–Trinajstić information content (AvgIpc) is 2.87. The van der Waals surface area contributed by atoms with Gasteiger partial charge in [-0.3, -0.25) is 16.3 Å². The zero-order valence-electron chi connectivity index (χ0n) is 8.75. The molecule has 1 atom stereocenters. The first kappa shape index (κ1) is 9.62. The van der Waals surface area contributed by atoms with Gasteiger partial charge < -0.3 is 0 Å². The Balaban J connectivity index is 2.28. The van der Waals surface area contributed by atoms with Gasteiger partial charge in [0.05, 0.1) is 11.7 Å². The molecule has 0 bridgehead atoms. The highest BCUT2D eigenvalue weighted by Crippen LogP contribution is 2.40. The standard InChI is InChI=1S/C11H17N3/c1-7-5-8(2)13-10(6-7)11(14-12)9-3-4-9/h5-6,9,11,14H,3-4,12H2,1-2H3. The van der Waals surface area contributed by atoms with Crippen LogP contribution in [0.15, 0.2) is 12.1 Å². The number of nitrogens with zero attached hydrogens (tertiary/aromatic N) is 1. The summed E-state index contributed by atoms with van der Waals surface area (Å²) < 4.78 is 0. The monoisotopic (exact) mass is 191 g/mol. The zero-order chi connectivity index (χ0) is 10.1. The Hall–Kier alpha value is -0.930. The van der Waals surface area contributed by atoms with E-state index < -0.39 is 0 Å². The van der Waals surface area contributed by atoms with Crippen molar-refractivity contribution >= 4 is 0 Å². The lowest BCUT2D eigenvalue weighted by Gasteiger charge is -2.15. The van der Waals surface area contributed by atoms with Crippen LogP contribution in [0.25, 0.3) is 0 Å². The van der Waals surface area contributed by atoms with E-state index in [-0.39, 0.29) is 6.04 Å². The van der Waals surface area contributed by atoms with Crippen molar-refractivity contribution in [2.45, 2.75) is 32.7 Å². The third-order valence-corrected chi connectivity index (χ3v) is 2.71. The molecule has 1 aliphatic carbocycles. The van der Waals surface area contributed by atoms with Crippen LogP contribution < -0.4 is 11.3 Å². The van der Waals surface area contributed by atoms with Crippen molar-refractivity contribution in [3.63, 3.8) is 0 Å². The van der Waals surface area contributed by atoms with E-state index in [4.69, 9.17) is 5.84 Å². The number of aromatic nitrogens is 1. The van der Waals surface area contributed by atoms with E-state index in [1.165, 1.54) is 18.4 Å². The summed E-state index contributed by atoms with van der Waals surface area (Å²) in [7, 11) is 0. The average molecular weight is 191 g/mol. The van der Waals surface area contributed by atoms with E-state index in [1.54, 1.807) is 0 Å². The molecule has 1 aliphatic rings. The van der Waals surface area contributed by atoms with Crippen LogP contribution in [-0.2, 0) is 0 Å². The molecule has 2 rings (SSSR count). The first-order chi connectivity index (χ1) is 6.70. The topological polar surface area (TPSA) is 50.9 Å². The lowest BCUT2D eigenvalue weighted by Crippen LogP contribution is -2.30. The number of hydrogen-bond donors (Lipinski definition) is 2. The smallest absolute Gasteiger partial charge is 0.0660 e. The van der Waals surface area contributed by atoms with E-state index in [0.29, 0.717) is 5.92 Å². The van der Waals surface area contributed by atoms with Crippen molar-refractivity contribution in [3.05, 3.63) is 29.1 Å². The van der Waals surface area contributed by atoms with Crippen LogP contribution in [0.2, 0.25) is 0 Å². The fraction of sp³-hybridized carbons (Fsp3) is 0.545. The third kappa shape index (κ3) is 1.94. The molecule has 3 nitrogen and oxygen atoms in total. The Kier molecular flexibility index (Phi) is 2.52. The Morgan fingerprint density at radius 2 is 2.14 bits per heavy atom. The normalized spacial score (nSPS) is 18.2. The second kappa shape index (κ2) is 3.67. The molecule has 1 saturated carbocycles. The van der Waals surface area contributed by atoms with Crippen LogP contribution in [0.1, 0.15) is 35.8 Å². The Morgan fingerprint density at radius 1 is 1.43 bits per heavy atom. The summed E-state index contributed by atoms with van der Waals surface area (Å²) >= 11 is 0. The van der Waals surface area contributed by atoms with Crippen LogP contribution in [0, 0.1) is 19.8 Å². The van der Waals surface area contributed by atoms with E-state index in [0.717, 1.165) is 11.4 Å². The van der Waals surface area contributed by atoms with Crippen LogP contribution in [0.5, 0.6) is 0 Å². The minimum absolute atomic E-state index is 0.244. The zero-order valence-corrected chi connectivity index (χ0v) is 8.75. The first-order valence-corrected chi connectivity index (χ1v) is 5.12. The number of rotatable bonds is 3. The second-order valence-corrected chi connectivity index (χ2v) is 4.19. The molecular formula is C11H17N3. The van der Waals surface area contributed by atoms with Crippen molar-refractivity contribution in [1.82, 2.24) is 10.4 Å². The summed E-state index contributed by atoms with van der Waals surface area (Å²) in [5.41, 5.74) is 6.29. The lowest BCUT2D eigenvalue weighted by atomic mass is 10.1. The minimum Gasteiger partial charge on any atom is -0.271 e. The molecule has 1 unspecified atom stereocenters. The largest absolute Gasteiger partial charge is 0.271 e. The molecule has 0 saturated heterocycles. The molecule has 14 heavy (non-hydrogen) atoms. The molecule has 0 amide bonds. The summed E-state index contributed by atoms with van der Waals surface area (Å²) in [6.45, 7) is 4.12. The van der Waals surface area contributed by atoms with Gasteiger partial charge in [-0.25, -0.2) is 0 Å². The summed E-state index contributed by atoms with van der Waals surface area (Å²) in [6.07, 6.45) is 2.53. The summed E-state index contributed by atoms with van der Waals surface area (Å²) in [4.78, 5) is 4.52. The van der Waals surface area contributed by atoms with E-state index >= 15 is 0 Å². The van der Waals surface area contributed by atoms with Crippen molar-refractivity contribution in [2.75, 3.05) is 0 Å². The van der Waals surface area contributed by atoms with Crippen LogP contribution in [0.4, 0.5) is 0 Å². The highest BCUT2D eigenvalue weighted by atomic mass is 15.2. The number of aryl methyl sites for hydroxylation is 2. The first-order valence-electron chi connectivity index (χ1n) is 5.12. The van der Waals surface area contributed by atoms with Crippen molar-refractivity contribution in [1.29, 1.82) is 0 Å². The third-order valence-electron chi connectivity index (χ3n) is 2.71. The molecule has 0 aliphatic heterocycles. The molecule has 76 valence electrons. The molecule has 3 heteroatoms. The van der Waals surface area contributed by atoms with Gasteiger partial charge in [0.25, 0.3) is 0 Å². The maximum Gasteiger partial charge on any atom is 0.0660 e. The summed E-state index contributed by atoms with van der Waals surface area (Å²) in [5, 5.41) is 0. The number of hydrazine groups is 1. The predicted molar refractivity (Wildman–Crippen MR) is 56.5 cm³/mol. The molecule has 1 heterocycles. The molecule has 1 aromatic rings. The van der Waals surface area contributed by atoms with Crippen LogP contribution in [0.3, 0.4) is 0 Å². The summed E-state index contributed by atoms with van der Waals surface area (Å²) in [5.74, 6) is 6.24. The van der Waals surface area contributed by atoms with E-state index in [1.807, 2.05) is 6.92 Å². The highest BCUT2D eigenvalue weighted by molar-refractivity contribution is 5.22. The van der Waals surface area contributed by atoms with Gasteiger partial charge in [0, 0.05) is 5.69 Å². The minimum atomic E-state index is 0.244. The van der Waals surface area contributed by atoms with Crippen molar-refractivity contribution in [2.24, 2.45) is 11.8 Å². The molecule has 1 fully saturated rings. The number of hydrogen-bond acceptors (Lipinski definition) is 3.